The van der Waals surface area contributed by atoms with E-state index < -0.39 is 12.1 Å². The molecule has 0 aromatic rings. The molecule has 0 saturated heterocycles. The maximum Gasteiger partial charge on any atom is 0.405 e. The van der Waals surface area contributed by atoms with Crippen molar-refractivity contribution in [3.05, 3.63) is 0 Å². The van der Waals surface area contributed by atoms with Crippen LogP contribution in [0.15, 0.2) is 0 Å². The van der Waals surface area contributed by atoms with Gasteiger partial charge in [0.05, 0.1) is 12.5 Å². The predicted octanol–water partition coefficient (Wildman–Crippen LogP) is -0.445. The van der Waals surface area contributed by atoms with Crippen LogP contribution in [0.4, 0.5) is 4.79 Å². The third-order valence-corrected chi connectivity index (χ3v) is 1.49. The second kappa shape index (κ2) is 2.69. The lowest BCUT2D eigenvalue weighted by Gasteiger charge is -2.04. The average molecular weight is 157 g/mol. The molecule has 2 N–H and O–H groups in total. The molecule has 1 saturated carbocycles. The lowest BCUT2D eigenvalue weighted by atomic mass is 10.2. The molecule has 0 aromatic carbocycles. The van der Waals surface area contributed by atoms with Crippen LogP contribution in [0.3, 0.4) is 0 Å². The number of hydrogen-bond donors (Lipinski definition) is 2. The molecular weight excluding hydrogens is 150 g/mol. The molecule has 5 heteroatoms. The molecule has 1 aliphatic carbocycles. The van der Waals surface area contributed by atoms with Crippen molar-refractivity contribution >= 4 is 17.7 Å². The molecule has 1 rings (SSSR count). The minimum absolute atomic E-state index is 0.00509. The van der Waals surface area contributed by atoms with Crippen molar-refractivity contribution in [2.24, 2.45) is 0 Å². The molecule has 1 aliphatic rings. The summed E-state index contributed by atoms with van der Waals surface area (Å²) in [6.45, 7) is 0. The normalized spacial score (nSPS) is 23.8. The van der Waals surface area contributed by atoms with Crippen LogP contribution < -0.4 is 5.32 Å². The Bertz CT molecular complexity index is 223. The number of carbonyl (C=O) groups is 3. The molecule has 0 aromatic heterocycles. The highest BCUT2D eigenvalue weighted by atomic mass is 16.4. The third kappa shape index (κ3) is 1.76. The first kappa shape index (κ1) is 7.71. The first-order valence-electron chi connectivity index (χ1n) is 3.13. The predicted molar refractivity (Wildman–Crippen MR) is 34.2 cm³/mol. The summed E-state index contributed by atoms with van der Waals surface area (Å²) in [4.78, 5) is 31.4. The van der Waals surface area contributed by atoms with Gasteiger partial charge in [-0.25, -0.2) is 4.79 Å². The van der Waals surface area contributed by atoms with Crippen molar-refractivity contribution in [3.63, 3.8) is 0 Å². The minimum Gasteiger partial charge on any atom is -0.465 e. The topological polar surface area (TPSA) is 83.5 Å². The zero-order valence-corrected chi connectivity index (χ0v) is 5.66. The number of Topliss-reactive ketones (excluding diaryl/α,β-unsaturated/α-hetero) is 2. The summed E-state index contributed by atoms with van der Waals surface area (Å²) in [5.74, 6) is -0.536. The highest BCUT2D eigenvalue weighted by Gasteiger charge is 2.31. The summed E-state index contributed by atoms with van der Waals surface area (Å²) in [7, 11) is 0. The van der Waals surface area contributed by atoms with Gasteiger partial charge in [0.25, 0.3) is 0 Å². The Labute approximate surface area is 62.4 Å². The second-order valence-corrected chi connectivity index (χ2v) is 2.39. The Morgan fingerprint density at radius 2 is 2.18 bits per heavy atom. The van der Waals surface area contributed by atoms with Crippen molar-refractivity contribution in [1.82, 2.24) is 5.32 Å². The van der Waals surface area contributed by atoms with Crippen LogP contribution in [0.1, 0.15) is 12.8 Å². The van der Waals surface area contributed by atoms with E-state index in [1.165, 1.54) is 0 Å². The minimum atomic E-state index is -1.27. The van der Waals surface area contributed by atoms with Crippen molar-refractivity contribution in [3.8, 4) is 0 Å². The number of amides is 1. The van der Waals surface area contributed by atoms with Crippen LogP contribution in [0.2, 0.25) is 0 Å². The van der Waals surface area contributed by atoms with E-state index in [4.69, 9.17) is 5.11 Å². The first-order valence-corrected chi connectivity index (χ1v) is 3.13. The molecule has 11 heavy (non-hydrogen) atoms. The molecule has 0 radical (unpaired) electrons. The van der Waals surface area contributed by atoms with E-state index in [9.17, 15) is 14.4 Å². The molecule has 0 bridgehead atoms. The fourth-order valence-electron chi connectivity index (χ4n) is 1.01. The summed E-state index contributed by atoms with van der Waals surface area (Å²) < 4.78 is 0. The number of rotatable bonds is 1. The van der Waals surface area contributed by atoms with E-state index in [2.05, 4.69) is 0 Å². The number of ketones is 2. The maximum absolute atomic E-state index is 10.8. The van der Waals surface area contributed by atoms with E-state index in [1.807, 2.05) is 5.32 Å². The van der Waals surface area contributed by atoms with Crippen molar-refractivity contribution in [2.45, 2.75) is 18.9 Å². The quantitative estimate of drug-likeness (QED) is 0.505. The molecule has 1 atom stereocenters. The van der Waals surface area contributed by atoms with Crippen LogP contribution in [-0.2, 0) is 9.59 Å². The zero-order valence-electron chi connectivity index (χ0n) is 5.66. The lowest BCUT2D eigenvalue weighted by Crippen LogP contribution is -2.36. The van der Waals surface area contributed by atoms with Gasteiger partial charge in [-0.1, -0.05) is 0 Å². The van der Waals surface area contributed by atoms with Crippen LogP contribution in [0.5, 0.6) is 0 Å². The summed E-state index contributed by atoms with van der Waals surface area (Å²) >= 11 is 0. The molecule has 0 spiro atoms. The smallest absolute Gasteiger partial charge is 0.405 e. The molecule has 1 fully saturated rings. The van der Waals surface area contributed by atoms with Gasteiger partial charge in [0.2, 0.25) is 0 Å². The van der Waals surface area contributed by atoms with Crippen LogP contribution in [0, 0.1) is 0 Å². The van der Waals surface area contributed by atoms with Crippen molar-refractivity contribution in [2.75, 3.05) is 0 Å². The summed E-state index contributed by atoms with van der Waals surface area (Å²) in [6.07, 6.45) is -1.39. The van der Waals surface area contributed by atoms with Gasteiger partial charge in [-0.2, -0.15) is 0 Å². The highest BCUT2D eigenvalue weighted by Crippen LogP contribution is 2.10. The fraction of sp³-hybridized carbons (Fsp3) is 0.500. The van der Waals surface area contributed by atoms with Gasteiger partial charge in [0, 0.05) is 6.42 Å². The SMILES string of the molecule is O=C1CC(=O)C(NC(=O)O)C1. The summed E-state index contributed by atoms with van der Waals surface area (Å²) in [5, 5.41) is 10.2. The van der Waals surface area contributed by atoms with E-state index in [1.54, 1.807) is 0 Å². The highest BCUT2D eigenvalue weighted by molar-refractivity contribution is 6.09. The molecule has 1 unspecified atom stereocenters. The monoisotopic (exact) mass is 157 g/mol. The van der Waals surface area contributed by atoms with Crippen LogP contribution in [-0.4, -0.2) is 28.8 Å². The summed E-state index contributed by atoms with van der Waals surface area (Å²) in [6, 6.07) is -0.806. The van der Waals surface area contributed by atoms with Crippen molar-refractivity contribution in [1.29, 1.82) is 0 Å². The molecular formula is C6H7NO4. The van der Waals surface area contributed by atoms with Crippen LogP contribution in [0.25, 0.3) is 0 Å². The van der Waals surface area contributed by atoms with Gasteiger partial charge in [-0.3, -0.25) is 9.59 Å². The van der Waals surface area contributed by atoms with Gasteiger partial charge in [0.1, 0.15) is 5.78 Å². The number of carboxylic acid groups (broad SMARTS) is 1. The molecule has 0 aliphatic heterocycles. The van der Waals surface area contributed by atoms with Gasteiger partial charge in [-0.05, 0) is 0 Å². The third-order valence-electron chi connectivity index (χ3n) is 1.49. The second-order valence-electron chi connectivity index (χ2n) is 2.39. The van der Waals surface area contributed by atoms with Gasteiger partial charge >= 0.3 is 6.09 Å². The van der Waals surface area contributed by atoms with Crippen molar-refractivity contribution < 1.29 is 19.5 Å². The zero-order chi connectivity index (χ0) is 8.43. The number of hydrogen-bond acceptors (Lipinski definition) is 3. The van der Waals surface area contributed by atoms with Gasteiger partial charge < -0.3 is 10.4 Å². The Kier molecular flexibility index (Phi) is 1.89. The van der Waals surface area contributed by atoms with Crippen LogP contribution >= 0.6 is 0 Å². The molecule has 1 amide bonds. The lowest BCUT2D eigenvalue weighted by molar-refractivity contribution is -0.122. The first-order chi connectivity index (χ1) is 5.09. The van der Waals surface area contributed by atoms with E-state index in [0.717, 1.165) is 0 Å². The molecule has 60 valence electrons. The van der Waals surface area contributed by atoms with E-state index in [-0.39, 0.29) is 24.4 Å². The number of nitrogens with one attached hydrogen (secondary N) is 1. The molecule has 0 heterocycles. The molecule has 5 nitrogen and oxygen atoms in total. The van der Waals surface area contributed by atoms with E-state index in [0.29, 0.717) is 0 Å². The van der Waals surface area contributed by atoms with Gasteiger partial charge in [0.15, 0.2) is 5.78 Å². The largest absolute Gasteiger partial charge is 0.465 e. The summed E-state index contributed by atoms with van der Waals surface area (Å²) in [5.41, 5.74) is 0. The van der Waals surface area contributed by atoms with E-state index >= 15 is 0 Å². The fourth-order valence-corrected chi connectivity index (χ4v) is 1.01. The number of carbonyl (C=O) groups excluding carboxylic acids is 2. The Balaban J connectivity index is 2.53. The average Bonchev–Trinajstić information content (AvgIpc) is 2.09. The Hall–Kier alpha value is -1.39. The Morgan fingerprint density at radius 3 is 2.55 bits per heavy atom. The standard InChI is InChI=1S/C6H7NO4/c8-3-1-4(5(9)2-3)7-6(10)11/h4,7H,1-2H2,(H,10,11). The Morgan fingerprint density at radius 1 is 1.55 bits per heavy atom. The maximum atomic E-state index is 10.8. The van der Waals surface area contributed by atoms with Gasteiger partial charge in [-0.15, -0.1) is 0 Å².